The average molecular weight is 303 g/mol. The molecular formula is C14H25NO6. The van der Waals surface area contributed by atoms with Gasteiger partial charge < -0.3 is 14.2 Å². The Morgan fingerprint density at radius 2 is 1.90 bits per heavy atom. The van der Waals surface area contributed by atoms with Crippen LogP contribution in [-0.4, -0.2) is 54.3 Å². The molecule has 0 aromatic heterocycles. The van der Waals surface area contributed by atoms with Gasteiger partial charge in [0.1, 0.15) is 6.04 Å². The number of carbonyl (C=O) groups is 2. The lowest BCUT2D eigenvalue weighted by atomic mass is 10.1. The number of amides is 1. The molecule has 1 N–H and O–H groups in total. The first kappa shape index (κ1) is 17.9. The Morgan fingerprint density at radius 3 is 2.43 bits per heavy atom. The molecule has 0 aromatic carbocycles. The van der Waals surface area contributed by atoms with Gasteiger partial charge in [-0.05, 0) is 6.42 Å². The number of unbranched alkanes of at least 4 members (excludes halogenated alkanes) is 3. The van der Waals surface area contributed by atoms with E-state index in [0.29, 0.717) is 11.5 Å². The van der Waals surface area contributed by atoms with Crippen LogP contribution in [0.5, 0.6) is 0 Å². The van der Waals surface area contributed by atoms with Crippen LogP contribution in [0, 0.1) is 0 Å². The average Bonchev–Trinajstić information content (AvgIpc) is 2.50. The third kappa shape index (κ3) is 4.94. The summed E-state index contributed by atoms with van der Waals surface area (Å²) < 4.78 is 15.2. The molecule has 0 aliphatic carbocycles. The second-order valence-electron chi connectivity index (χ2n) is 5.26. The maximum absolute atomic E-state index is 11.8. The van der Waals surface area contributed by atoms with Crippen molar-refractivity contribution in [3.05, 3.63) is 0 Å². The van der Waals surface area contributed by atoms with Crippen molar-refractivity contribution in [3.8, 4) is 0 Å². The molecule has 1 aliphatic rings. The van der Waals surface area contributed by atoms with Crippen LogP contribution in [0.3, 0.4) is 0 Å². The zero-order chi connectivity index (χ0) is 15.9. The minimum atomic E-state index is -1.48. The molecule has 1 fully saturated rings. The molecule has 1 saturated heterocycles. The Bertz CT molecular complexity index is 351. The Balaban J connectivity index is 2.39. The fraction of sp³-hybridized carbons (Fsp3) is 0.857. The number of hydroxylamine groups is 2. The number of methoxy groups -OCH3 is 1. The third-order valence-electron chi connectivity index (χ3n) is 3.50. The highest BCUT2D eigenvalue weighted by molar-refractivity contribution is 5.77. The summed E-state index contributed by atoms with van der Waals surface area (Å²) in [6, 6.07) is -0.610. The van der Waals surface area contributed by atoms with E-state index < -0.39 is 17.8 Å². The summed E-state index contributed by atoms with van der Waals surface area (Å²) in [5.41, 5.74) is 0. The molecule has 0 saturated carbocycles. The molecule has 0 atom stereocenters. The molecule has 0 radical (unpaired) electrons. The maximum atomic E-state index is 11.8. The molecule has 1 rings (SSSR count). The lowest BCUT2D eigenvalue weighted by molar-refractivity contribution is -0.289. The normalized spacial score (nSPS) is 25.4. The molecule has 122 valence electrons. The van der Waals surface area contributed by atoms with Gasteiger partial charge in [0, 0.05) is 13.3 Å². The minimum Gasteiger partial charge on any atom is -0.465 e. The highest BCUT2D eigenvalue weighted by atomic mass is 16.7. The Morgan fingerprint density at radius 1 is 1.29 bits per heavy atom. The summed E-state index contributed by atoms with van der Waals surface area (Å²) in [6.45, 7) is 3.57. The molecule has 0 aromatic rings. The first-order chi connectivity index (χ1) is 9.94. The van der Waals surface area contributed by atoms with Crippen LogP contribution >= 0.6 is 0 Å². The van der Waals surface area contributed by atoms with E-state index in [1.807, 2.05) is 0 Å². The number of hydrogen-bond donors (Lipinski definition) is 1. The number of carbonyl (C=O) groups excluding carboxylic acids is 2. The van der Waals surface area contributed by atoms with Gasteiger partial charge in [0.15, 0.2) is 0 Å². The number of rotatable bonds is 7. The number of esters is 1. The zero-order valence-electron chi connectivity index (χ0n) is 13.0. The number of ether oxygens (including phenoxy) is 3. The van der Waals surface area contributed by atoms with E-state index in [4.69, 9.17) is 9.47 Å². The first-order valence-corrected chi connectivity index (χ1v) is 7.32. The third-order valence-corrected chi connectivity index (χ3v) is 3.50. The second kappa shape index (κ2) is 8.31. The van der Waals surface area contributed by atoms with Crippen molar-refractivity contribution in [1.29, 1.82) is 0 Å². The fourth-order valence-electron chi connectivity index (χ4n) is 2.07. The SMILES string of the molecule is CCCCCCC(=O)N(O)C1COC(C)(C(=O)OC)OC1. The Hall–Kier alpha value is -1.18. The van der Waals surface area contributed by atoms with Gasteiger partial charge in [-0.25, -0.2) is 9.86 Å². The predicted molar refractivity (Wildman–Crippen MR) is 73.5 cm³/mol. The van der Waals surface area contributed by atoms with Gasteiger partial charge in [-0.1, -0.05) is 26.2 Å². The Kier molecular flexibility index (Phi) is 7.07. The first-order valence-electron chi connectivity index (χ1n) is 7.32. The molecule has 1 amide bonds. The zero-order valence-corrected chi connectivity index (χ0v) is 13.0. The van der Waals surface area contributed by atoms with Gasteiger partial charge in [-0.15, -0.1) is 0 Å². The van der Waals surface area contributed by atoms with Crippen LogP contribution in [0.25, 0.3) is 0 Å². The summed E-state index contributed by atoms with van der Waals surface area (Å²) in [5, 5.41) is 10.5. The summed E-state index contributed by atoms with van der Waals surface area (Å²) in [5.74, 6) is -2.47. The summed E-state index contributed by atoms with van der Waals surface area (Å²) in [6.07, 6.45) is 4.17. The van der Waals surface area contributed by atoms with Crippen molar-refractivity contribution < 1.29 is 29.0 Å². The van der Waals surface area contributed by atoms with Crippen molar-refractivity contribution in [3.63, 3.8) is 0 Å². The topological polar surface area (TPSA) is 85.3 Å². The number of nitrogens with zero attached hydrogens (tertiary/aromatic N) is 1. The summed E-state index contributed by atoms with van der Waals surface area (Å²) in [7, 11) is 1.24. The van der Waals surface area contributed by atoms with Crippen LogP contribution in [-0.2, 0) is 23.8 Å². The van der Waals surface area contributed by atoms with Gasteiger partial charge in [-0.3, -0.25) is 10.0 Å². The van der Waals surface area contributed by atoms with E-state index in [0.717, 1.165) is 25.7 Å². The highest BCUT2D eigenvalue weighted by Crippen LogP contribution is 2.22. The summed E-state index contributed by atoms with van der Waals surface area (Å²) >= 11 is 0. The molecule has 21 heavy (non-hydrogen) atoms. The lowest BCUT2D eigenvalue weighted by Crippen LogP contribution is -2.55. The fourth-order valence-corrected chi connectivity index (χ4v) is 2.07. The molecule has 0 unspecified atom stereocenters. The van der Waals surface area contributed by atoms with Gasteiger partial charge in [0.25, 0.3) is 5.79 Å². The van der Waals surface area contributed by atoms with Gasteiger partial charge >= 0.3 is 5.97 Å². The molecule has 7 nitrogen and oxygen atoms in total. The maximum Gasteiger partial charge on any atom is 0.366 e. The molecule has 1 aliphatic heterocycles. The van der Waals surface area contributed by atoms with E-state index in [-0.39, 0.29) is 19.1 Å². The largest absolute Gasteiger partial charge is 0.465 e. The minimum absolute atomic E-state index is 0.0167. The van der Waals surface area contributed by atoms with E-state index in [9.17, 15) is 14.8 Å². The standard InChI is InChI=1S/C14H25NO6/c1-4-5-6-7-8-12(16)15(18)11-9-20-14(2,21-10-11)13(17)19-3/h11,18H,4-10H2,1-3H3. The van der Waals surface area contributed by atoms with Crippen LogP contribution < -0.4 is 0 Å². The van der Waals surface area contributed by atoms with Crippen molar-refractivity contribution >= 4 is 11.9 Å². The predicted octanol–water partition coefficient (Wildman–Crippen LogP) is 1.48. The van der Waals surface area contributed by atoms with Crippen LogP contribution in [0.15, 0.2) is 0 Å². The quantitative estimate of drug-likeness (QED) is 0.332. The van der Waals surface area contributed by atoms with Crippen molar-refractivity contribution in [1.82, 2.24) is 5.06 Å². The highest BCUT2D eigenvalue weighted by Gasteiger charge is 2.43. The summed E-state index contributed by atoms with van der Waals surface area (Å²) in [4.78, 5) is 23.3. The van der Waals surface area contributed by atoms with Crippen LogP contribution in [0.2, 0.25) is 0 Å². The van der Waals surface area contributed by atoms with Crippen LogP contribution in [0.4, 0.5) is 0 Å². The second-order valence-corrected chi connectivity index (χ2v) is 5.26. The Labute approximate surface area is 125 Å². The van der Waals surface area contributed by atoms with E-state index in [2.05, 4.69) is 11.7 Å². The van der Waals surface area contributed by atoms with Gasteiger partial charge in [0.05, 0.1) is 20.3 Å². The number of hydrogen-bond acceptors (Lipinski definition) is 6. The van der Waals surface area contributed by atoms with Crippen molar-refractivity contribution in [2.45, 2.75) is 57.8 Å². The van der Waals surface area contributed by atoms with Gasteiger partial charge in [0.2, 0.25) is 5.91 Å². The molecular weight excluding hydrogens is 278 g/mol. The molecule has 7 heteroatoms. The van der Waals surface area contributed by atoms with Crippen molar-refractivity contribution in [2.75, 3.05) is 20.3 Å². The van der Waals surface area contributed by atoms with E-state index in [1.54, 1.807) is 0 Å². The lowest BCUT2D eigenvalue weighted by Gasteiger charge is -2.37. The monoisotopic (exact) mass is 303 g/mol. The van der Waals surface area contributed by atoms with E-state index in [1.165, 1.54) is 14.0 Å². The van der Waals surface area contributed by atoms with Gasteiger partial charge in [-0.2, -0.15) is 0 Å². The van der Waals surface area contributed by atoms with Crippen LogP contribution in [0.1, 0.15) is 46.0 Å². The van der Waals surface area contributed by atoms with E-state index >= 15 is 0 Å². The smallest absolute Gasteiger partial charge is 0.366 e. The van der Waals surface area contributed by atoms with Crippen molar-refractivity contribution in [2.24, 2.45) is 0 Å². The molecule has 0 spiro atoms. The molecule has 0 bridgehead atoms. The molecule has 1 heterocycles.